The van der Waals surface area contributed by atoms with E-state index in [1.807, 2.05) is 6.92 Å². The molecule has 6 heteroatoms. The Morgan fingerprint density at radius 2 is 2.29 bits per heavy atom. The lowest BCUT2D eigenvalue weighted by Crippen LogP contribution is -2.64. The lowest BCUT2D eigenvalue weighted by atomic mass is 9.89. The maximum absolute atomic E-state index is 12.0. The van der Waals surface area contributed by atoms with Gasteiger partial charge in [0.1, 0.15) is 18.7 Å². The predicted octanol–water partition coefficient (Wildman–Crippen LogP) is 0.212. The molecule has 6 nitrogen and oxygen atoms in total. The Morgan fingerprint density at radius 1 is 1.59 bits per heavy atom. The van der Waals surface area contributed by atoms with Crippen LogP contribution >= 0.6 is 0 Å². The molecule has 1 aromatic heterocycles. The number of aliphatic hydroxyl groups is 1. The first-order valence-electron chi connectivity index (χ1n) is 5.91. The third kappa shape index (κ3) is 2.31. The van der Waals surface area contributed by atoms with Gasteiger partial charge >= 0.3 is 0 Å². The highest BCUT2D eigenvalue weighted by Gasteiger charge is 2.43. The second-order valence-electron chi connectivity index (χ2n) is 4.72. The molecule has 1 fully saturated rings. The maximum atomic E-state index is 12.0. The topological polar surface area (TPSA) is 71.2 Å². The quantitative estimate of drug-likeness (QED) is 0.814. The Bertz CT molecular complexity index is 384. The molecule has 1 saturated heterocycles. The SMILES string of the molecule is CCCC1(O)CN(C(=O)C(C)n2cncn2)C1. The van der Waals surface area contributed by atoms with Crippen molar-refractivity contribution in [2.75, 3.05) is 13.1 Å². The summed E-state index contributed by atoms with van der Waals surface area (Å²) in [4.78, 5) is 17.5. The van der Waals surface area contributed by atoms with Gasteiger partial charge in [0.2, 0.25) is 5.91 Å². The van der Waals surface area contributed by atoms with Crippen LogP contribution in [0.4, 0.5) is 0 Å². The first-order valence-corrected chi connectivity index (χ1v) is 5.91. The molecule has 1 aliphatic rings. The van der Waals surface area contributed by atoms with Gasteiger partial charge in [-0.05, 0) is 13.3 Å². The number of likely N-dealkylation sites (tertiary alicyclic amines) is 1. The lowest BCUT2D eigenvalue weighted by molar-refractivity contribution is -0.159. The van der Waals surface area contributed by atoms with Crippen LogP contribution < -0.4 is 0 Å². The van der Waals surface area contributed by atoms with E-state index >= 15 is 0 Å². The number of rotatable bonds is 4. The number of β-amino-alcohol motifs (C(OH)–C–C–N with tert-alkyl or cyclic N) is 1. The van der Waals surface area contributed by atoms with Gasteiger partial charge in [0.15, 0.2) is 0 Å². The van der Waals surface area contributed by atoms with Crippen LogP contribution in [0, 0.1) is 0 Å². The zero-order valence-corrected chi connectivity index (χ0v) is 10.2. The highest BCUT2D eigenvalue weighted by molar-refractivity contribution is 5.81. The van der Waals surface area contributed by atoms with E-state index in [1.165, 1.54) is 17.3 Å². The van der Waals surface area contributed by atoms with E-state index in [1.54, 1.807) is 11.8 Å². The van der Waals surface area contributed by atoms with Crippen molar-refractivity contribution >= 4 is 5.91 Å². The molecule has 0 bridgehead atoms. The van der Waals surface area contributed by atoms with Crippen LogP contribution in [0.1, 0.15) is 32.7 Å². The minimum absolute atomic E-state index is 0.0173. The highest BCUT2D eigenvalue weighted by atomic mass is 16.3. The van der Waals surface area contributed by atoms with E-state index in [9.17, 15) is 9.90 Å². The fraction of sp³-hybridized carbons (Fsp3) is 0.727. The molecule has 0 saturated carbocycles. The molecule has 0 aromatic carbocycles. The van der Waals surface area contributed by atoms with Crippen molar-refractivity contribution in [1.29, 1.82) is 0 Å². The van der Waals surface area contributed by atoms with Crippen molar-refractivity contribution in [3.05, 3.63) is 12.7 Å². The molecular formula is C11H18N4O2. The monoisotopic (exact) mass is 238 g/mol. The van der Waals surface area contributed by atoms with Gasteiger partial charge in [0, 0.05) is 0 Å². The van der Waals surface area contributed by atoms with Gasteiger partial charge in [-0.1, -0.05) is 13.3 Å². The van der Waals surface area contributed by atoms with Gasteiger partial charge in [-0.2, -0.15) is 5.10 Å². The molecule has 94 valence electrons. The third-order valence-electron chi connectivity index (χ3n) is 3.19. The fourth-order valence-electron chi connectivity index (χ4n) is 2.24. The van der Waals surface area contributed by atoms with Crippen molar-refractivity contribution in [2.45, 2.75) is 38.3 Å². The average Bonchev–Trinajstić information content (AvgIpc) is 2.77. The van der Waals surface area contributed by atoms with Crippen molar-refractivity contribution in [2.24, 2.45) is 0 Å². The Morgan fingerprint density at radius 3 is 2.82 bits per heavy atom. The standard InChI is InChI=1S/C11H18N4O2/c1-3-4-11(17)5-14(6-11)10(16)9(2)15-8-12-7-13-15/h7-9,17H,3-6H2,1-2H3. The molecule has 0 aliphatic carbocycles. The van der Waals surface area contributed by atoms with Gasteiger partial charge in [0.25, 0.3) is 0 Å². The van der Waals surface area contributed by atoms with Gasteiger partial charge in [0.05, 0.1) is 18.7 Å². The maximum Gasteiger partial charge on any atom is 0.247 e. The fourth-order valence-corrected chi connectivity index (χ4v) is 2.24. The molecule has 1 unspecified atom stereocenters. The molecule has 2 heterocycles. The number of nitrogens with zero attached hydrogens (tertiary/aromatic N) is 4. The van der Waals surface area contributed by atoms with Crippen LogP contribution in [-0.4, -0.2) is 49.4 Å². The smallest absolute Gasteiger partial charge is 0.247 e. The molecule has 0 radical (unpaired) electrons. The molecule has 1 aromatic rings. The second-order valence-corrected chi connectivity index (χ2v) is 4.72. The predicted molar refractivity (Wildman–Crippen MR) is 61.2 cm³/mol. The number of carbonyl (C=O) groups excluding carboxylic acids is 1. The summed E-state index contributed by atoms with van der Waals surface area (Å²) in [6.07, 6.45) is 4.61. The number of hydrogen-bond acceptors (Lipinski definition) is 4. The first kappa shape index (κ1) is 12.0. The Balaban J connectivity index is 1.91. The summed E-state index contributed by atoms with van der Waals surface area (Å²) in [6.45, 7) is 4.67. The molecule has 17 heavy (non-hydrogen) atoms. The van der Waals surface area contributed by atoms with Crippen molar-refractivity contribution in [3.8, 4) is 0 Å². The Kier molecular flexibility index (Phi) is 3.15. The van der Waals surface area contributed by atoms with Crippen LogP contribution in [-0.2, 0) is 4.79 Å². The zero-order chi connectivity index (χ0) is 12.5. The lowest BCUT2D eigenvalue weighted by Gasteiger charge is -2.47. The van der Waals surface area contributed by atoms with Crippen LogP contribution in [0.25, 0.3) is 0 Å². The van der Waals surface area contributed by atoms with Gasteiger partial charge in [-0.3, -0.25) is 4.79 Å². The second kappa shape index (κ2) is 4.44. The highest BCUT2D eigenvalue weighted by Crippen LogP contribution is 2.27. The number of hydrogen-bond donors (Lipinski definition) is 1. The van der Waals surface area contributed by atoms with Gasteiger partial charge in [-0.15, -0.1) is 0 Å². The molecule has 0 spiro atoms. The molecule has 1 N–H and O–H groups in total. The van der Waals surface area contributed by atoms with E-state index in [-0.39, 0.29) is 11.9 Å². The van der Waals surface area contributed by atoms with E-state index in [2.05, 4.69) is 10.1 Å². The van der Waals surface area contributed by atoms with Crippen LogP contribution in [0.2, 0.25) is 0 Å². The largest absolute Gasteiger partial charge is 0.386 e. The van der Waals surface area contributed by atoms with Crippen molar-refractivity contribution in [3.63, 3.8) is 0 Å². The molecular weight excluding hydrogens is 220 g/mol. The van der Waals surface area contributed by atoms with Crippen molar-refractivity contribution < 1.29 is 9.90 Å². The van der Waals surface area contributed by atoms with Crippen LogP contribution in [0.5, 0.6) is 0 Å². The Labute approximate surface area is 100 Å². The molecule has 1 amide bonds. The average molecular weight is 238 g/mol. The number of aromatic nitrogens is 3. The summed E-state index contributed by atoms with van der Waals surface area (Å²) in [6, 6.07) is -0.358. The number of amides is 1. The van der Waals surface area contributed by atoms with Gasteiger partial charge < -0.3 is 10.0 Å². The normalized spacial score (nSPS) is 19.8. The minimum atomic E-state index is -0.674. The summed E-state index contributed by atoms with van der Waals surface area (Å²) in [5.41, 5.74) is -0.674. The first-order chi connectivity index (χ1) is 8.06. The summed E-state index contributed by atoms with van der Waals surface area (Å²) in [7, 11) is 0. The van der Waals surface area contributed by atoms with Crippen LogP contribution in [0.15, 0.2) is 12.7 Å². The summed E-state index contributed by atoms with van der Waals surface area (Å²) in [5.74, 6) is -0.0173. The van der Waals surface area contributed by atoms with Gasteiger partial charge in [-0.25, -0.2) is 9.67 Å². The summed E-state index contributed by atoms with van der Waals surface area (Å²) in [5, 5.41) is 14.0. The van der Waals surface area contributed by atoms with E-state index < -0.39 is 5.60 Å². The van der Waals surface area contributed by atoms with Crippen LogP contribution in [0.3, 0.4) is 0 Å². The van der Waals surface area contributed by atoms with E-state index in [0.717, 1.165) is 12.8 Å². The Hall–Kier alpha value is -1.43. The third-order valence-corrected chi connectivity index (χ3v) is 3.19. The summed E-state index contributed by atoms with van der Waals surface area (Å²) < 4.78 is 1.53. The molecule has 2 rings (SSSR count). The molecule has 1 aliphatic heterocycles. The van der Waals surface area contributed by atoms with E-state index in [4.69, 9.17) is 0 Å². The minimum Gasteiger partial charge on any atom is -0.386 e. The molecule has 1 atom stereocenters. The number of carbonyl (C=O) groups is 1. The van der Waals surface area contributed by atoms with Crippen molar-refractivity contribution in [1.82, 2.24) is 19.7 Å². The zero-order valence-electron chi connectivity index (χ0n) is 10.2. The summed E-state index contributed by atoms with van der Waals surface area (Å²) >= 11 is 0. The van der Waals surface area contributed by atoms with E-state index in [0.29, 0.717) is 13.1 Å².